The molecule has 3 rings (SSSR count). The molecule has 0 unspecified atom stereocenters. The highest BCUT2D eigenvalue weighted by atomic mass is 14.9. The van der Waals surface area contributed by atoms with Crippen LogP contribution in [0, 0.1) is 5.92 Å². The highest BCUT2D eigenvalue weighted by Gasteiger charge is 2.24. The van der Waals surface area contributed by atoms with E-state index in [-0.39, 0.29) is 0 Å². The van der Waals surface area contributed by atoms with Gasteiger partial charge in [-0.15, -0.1) is 0 Å². The Morgan fingerprint density at radius 1 is 1.06 bits per heavy atom. The predicted molar refractivity (Wildman–Crippen MR) is 65.6 cm³/mol. The topological polar surface area (TPSA) is 28.7 Å². The van der Waals surface area contributed by atoms with Gasteiger partial charge in [-0.3, -0.25) is 0 Å². The van der Waals surface area contributed by atoms with Crippen LogP contribution in [-0.4, -0.2) is 9.97 Å². The van der Waals surface area contributed by atoms with Gasteiger partial charge in [0, 0.05) is 11.6 Å². The molecular formula is C14H22N2. The fourth-order valence-electron chi connectivity index (χ4n) is 3.20. The van der Waals surface area contributed by atoms with E-state index in [1.54, 1.807) is 0 Å². The number of aromatic nitrogens is 2. The summed E-state index contributed by atoms with van der Waals surface area (Å²) in [6, 6.07) is 0. The molecule has 1 fully saturated rings. The fraction of sp³-hybridized carbons (Fsp3) is 0.786. The van der Waals surface area contributed by atoms with Gasteiger partial charge in [-0.2, -0.15) is 0 Å². The van der Waals surface area contributed by atoms with Crippen molar-refractivity contribution in [2.24, 2.45) is 5.92 Å². The summed E-state index contributed by atoms with van der Waals surface area (Å²) in [5.41, 5.74) is 2.82. The average Bonchev–Trinajstić information content (AvgIpc) is 2.73. The number of nitrogens with one attached hydrogen (secondary N) is 1. The van der Waals surface area contributed by atoms with Crippen molar-refractivity contribution in [3.8, 4) is 0 Å². The lowest BCUT2D eigenvalue weighted by Crippen LogP contribution is -2.12. The molecule has 1 heterocycles. The molecule has 0 spiro atoms. The lowest BCUT2D eigenvalue weighted by atomic mass is 9.83. The summed E-state index contributed by atoms with van der Waals surface area (Å²) in [7, 11) is 0. The van der Waals surface area contributed by atoms with Gasteiger partial charge in [0.2, 0.25) is 0 Å². The first kappa shape index (κ1) is 10.4. The minimum Gasteiger partial charge on any atom is -0.345 e. The molecule has 2 nitrogen and oxygen atoms in total. The number of hydrogen-bond acceptors (Lipinski definition) is 1. The maximum absolute atomic E-state index is 4.84. The largest absolute Gasteiger partial charge is 0.345 e. The molecular weight excluding hydrogens is 196 g/mol. The van der Waals surface area contributed by atoms with Gasteiger partial charge in [-0.1, -0.05) is 19.8 Å². The third-order valence-electron chi connectivity index (χ3n) is 4.38. The zero-order valence-corrected chi connectivity index (χ0v) is 10.3. The Labute approximate surface area is 97.9 Å². The van der Waals surface area contributed by atoms with Crippen molar-refractivity contribution in [3.05, 3.63) is 17.2 Å². The van der Waals surface area contributed by atoms with Crippen LogP contribution in [0.1, 0.15) is 68.6 Å². The smallest absolute Gasteiger partial charge is 0.109 e. The maximum Gasteiger partial charge on any atom is 0.109 e. The summed E-state index contributed by atoms with van der Waals surface area (Å²) in [5.74, 6) is 2.96. The number of fused-ring (bicyclic) bond motifs is 1. The van der Waals surface area contributed by atoms with Gasteiger partial charge in [0.05, 0.1) is 5.69 Å². The van der Waals surface area contributed by atoms with Crippen LogP contribution in [0.15, 0.2) is 0 Å². The third-order valence-corrected chi connectivity index (χ3v) is 4.38. The molecule has 16 heavy (non-hydrogen) atoms. The van der Waals surface area contributed by atoms with E-state index < -0.39 is 0 Å². The quantitative estimate of drug-likeness (QED) is 0.766. The summed E-state index contributed by atoms with van der Waals surface area (Å²) < 4.78 is 0. The lowest BCUT2D eigenvalue weighted by Gasteiger charge is -2.24. The van der Waals surface area contributed by atoms with Crippen molar-refractivity contribution >= 4 is 0 Å². The van der Waals surface area contributed by atoms with Gasteiger partial charge in [0.15, 0.2) is 0 Å². The monoisotopic (exact) mass is 218 g/mol. The predicted octanol–water partition coefficient (Wildman–Crippen LogP) is 3.58. The van der Waals surface area contributed by atoms with Crippen molar-refractivity contribution in [2.45, 2.75) is 64.2 Å². The molecule has 0 radical (unpaired) electrons. The van der Waals surface area contributed by atoms with Crippen molar-refractivity contribution < 1.29 is 0 Å². The average molecular weight is 218 g/mol. The van der Waals surface area contributed by atoms with Crippen molar-refractivity contribution in [2.75, 3.05) is 0 Å². The molecule has 0 aromatic carbocycles. The fourth-order valence-corrected chi connectivity index (χ4v) is 3.20. The summed E-state index contributed by atoms with van der Waals surface area (Å²) in [5, 5.41) is 0. The molecule has 2 aliphatic rings. The van der Waals surface area contributed by atoms with Crippen LogP contribution in [0.25, 0.3) is 0 Å². The molecule has 1 aromatic rings. The van der Waals surface area contributed by atoms with Gasteiger partial charge >= 0.3 is 0 Å². The maximum atomic E-state index is 4.84. The molecule has 1 N–H and O–H groups in total. The minimum atomic E-state index is 0.724. The number of nitrogens with zero attached hydrogens (tertiary/aromatic N) is 1. The normalized spacial score (nSPS) is 30.1. The van der Waals surface area contributed by atoms with Gasteiger partial charge < -0.3 is 4.98 Å². The van der Waals surface area contributed by atoms with Gasteiger partial charge in [-0.25, -0.2) is 4.98 Å². The molecule has 88 valence electrons. The van der Waals surface area contributed by atoms with Crippen LogP contribution in [-0.2, 0) is 12.8 Å². The molecule has 2 heteroatoms. The molecule has 0 atom stereocenters. The van der Waals surface area contributed by atoms with E-state index in [0.717, 1.165) is 11.8 Å². The van der Waals surface area contributed by atoms with Gasteiger partial charge in [0.1, 0.15) is 5.82 Å². The Kier molecular flexibility index (Phi) is 2.74. The van der Waals surface area contributed by atoms with Crippen molar-refractivity contribution in [1.29, 1.82) is 0 Å². The summed E-state index contributed by atoms with van der Waals surface area (Å²) in [4.78, 5) is 8.45. The number of imidazole rings is 1. The van der Waals surface area contributed by atoms with Crippen LogP contribution in [0.2, 0.25) is 0 Å². The van der Waals surface area contributed by atoms with E-state index in [1.165, 1.54) is 68.6 Å². The molecule has 0 saturated heterocycles. The molecule has 0 amide bonds. The van der Waals surface area contributed by atoms with Crippen LogP contribution in [0.5, 0.6) is 0 Å². The van der Waals surface area contributed by atoms with E-state index in [4.69, 9.17) is 4.98 Å². The molecule has 0 bridgehead atoms. The second-order valence-corrected chi connectivity index (χ2v) is 5.71. The zero-order chi connectivity index (χ0) is 11.0. The van der Waals surface area contributed by atoms with Crippen LogP contribution >= 0.6 is 0 Å². The first-order valence-corrected chi connectivity index (χ1v) is 6.90. The molecule has 0 aliphatic heterocycles. The van der Waals surface area contributed by atoms with Crippen LogP contribution in [0.4, 0.5) is 0 Å². The van der Waals surface area contributed by atoms with Gasteiger partial charge in [-0.05, 0) is 44.4 Å². The van der Waals surface area contributed by atoms with Crippen molar-refractivity contribution in [3.63, 3.8) is 0 Å². The summed E-state index contributed by atoms with van der Waals surface area (Å²) in [6.45, 7) is 2.38. The van der Waals surface area contributed by atoms with Crippen LogP contribution in [0.3, 0.4) is 0 Å². The second kappa shape index (κ2) is 4.23. The molecule has 1 saturated carbocycles. The van der Waals surface area contributed by atoms with Crippen LogP contribution < -0.4 is 0 Å². The first-order chi connectivity index (χ1) is 7.83. The SMILES string of the molecule is CC1CCC(c2nc3c([nH]2)CCCC3)CC1. The van der Waals surface area contributed by atoms with E-state index >= 15 is 0 Å². The Morgan fingerprint density at radius 2 is 1.81 bits per heavy atom. The zero-order valence-electron chi connectivity index (χ0n) is 10.3. The second-order valence-electron chi connectivity index (χ2n) is 5.71. The summed E-state index contributed by atoms with van der Waals surface area (Å²) in [6.07, 6.45) is 10.6. The van der Waals surface area contributed by atoms with E-state index in [9.17, 15) is 0 Å². The van der Waals surface area contributed by atoms with E-state index in [2.05, 4.69) is 11.9 Å². The van der Waals surface area contributed by atoms with E-state index in [1.807, 2.05) is 0 Å². The Bertz CT molecular complexity index is 335. The lowest BCUT2D eigenvalue weighted by molar-refractivity contribution is 0.340. The Hall–Kier alpha value is -0.790. The van der Waals surface area contributed by atoms with E-state index in [0.29, 0.717) is 0 Å². The molecule has 2 aliphatic carbocycles. The highest BCUT2D eigenvalue weighted by Crippen LogP contribution is 2.35. The number of H-pyrrole nitrogens is 1. The number of hydrogen-bond donors (Lipinski definition) is 1. The number of aryl methyl sites for hydroxylation is 2. The first-order valence-electron chi connectivity index (χ1n) is 6.90. The Morgan fingerprint density at radius 3 is 2.56 bits per heavy atom. The van der Waals surface area contributed by atoms with Crippen molar-refractivity contribution in [1.82, 2.24) is 9.97 Å². The summed E-state index contributed by atoms with van der Waals surface area (Å²) >= 11 is 0. The van der Waals surface area contributed by atoms with Gasteiger partial charge in [0.25, 0.3) is 0 Å². The highest BCUT2D eigenvalue weighted by molar-refractivity contribution is 5.19. The number of rotatable bonds is 1. The number of aromatic amines is 1. The Balaban J connectivity index is 1.76. The third kappa shape index (κ3) is 1.90. The molecule has 1 aromatic heterocycles. The standard InChI is InChI=1S/C14H22N2/c1-10-6-8-11(9-7-10)14-15-12-4-2-3-5-13(12)16-14/h10-11H,2-9H2,1H3,(H,15,16). The minimum absolute atomic E-state index is 0.724.